The smallest absolute Gasteiger partial charge is 0.224 e. The average molecular weight is 326 g/mol. The Morgan fingerprint density at radius 3 is 2.74 bits per heavy atom. The standard InChI is InChI=1S/C17H34N4O2/c1-6-18-16(20-13-17(3,4)23-5)19-10-9-15(22)21-11-7-8-14(2)12-21/h14H,6-13H2,1-5H3,(H2,18,19,20). The van der Waals surface area contributed by atoms with Gasteiger partial charge in [-0.2, -0.15) is 0 Å². The van der Waals surface area contributed by atoms with Crippen molar-refractivity contribution in [2.24, 2.45) is 10.9 Å². The van der Waals surface area contributed by atoms with E-state index in [1.54, 1.807) is 7.11 Å². The number of nitrogens with zero attached hydrogens (tertiary/aromatic N) is 2. The second-order valence-corrected chi connectivity index (χ2v) is 6.92. The van der Waals surface area contributed by atoms with Crippen molar-refractivity contribution in [1.29, 1.82) is 0 Å². The number of amides is 1. The summed E-state index contributed by atoms with van der Waals surface area (Å²) in [6.07, 6.45) is 2.86. The van der Waals surface area contributed by atoms with Gasteiger partial charge in [0.05, 0.1) is 12.1 Å². The Labute approximate surface area is 141 Å². The van der Waals surface area contributed by atoms with Crippen LogP contribution in [0.3, 0.4) is 0 Å². The van der Waals surface area contributed by atoms with E-state index < -0.39 is 0 Å². The predicted octanol–water partition coefficient (Wildman–Crippen LogP) is 1.62. The van der Waals surface area contributed by atoms with Crippen LogP contribution < -0.4 is 10.6 Å². The van der Waals surface area contributed by atoms with Crippen LogP contribution in [-0.4, -0.2) is 62.2 Å². The first-order valence-electron chi connectivity index (χ1n) is 8.73. The summed E-state index contributed by atoms with van der Waals surface area (Å²) >= 11 is 0. The molecule has 1 saturated heterocycles. The normalized spacial score (nSPS) is 19.6. The largest absolute Gasteiger partial charge is 0.377 e. The summed E-state index contributed by atoms with van der Waals surface area (Å²) in [5.74, 6) is 1.59. The highest BCUT2D eigenvalue weighted by atomic mass is 16.5. The van der Waals surface area contributed by atoms with Gasteiger partial charge in [-0.05, 0) is 39.5 Å². The number of ether oxygens (including phenoxy) is 1. The molecule has 1 aliphatic rings. The first kappa shape index (κ1) is 19.7. The molecule has 1 unspecified atom stereocenters. The zero-order chi connectivity index (χ0) is 17.3. The molecule has 6 heteroatoms. The van der Waals surface area contributed by atoms with E-state index in [1.165, 1.54) is 6.42 Å². The molecule has 0 radical (unpaired) electrons. The van der Waals surface area contributed by atoms with Crippen molar-refractivity contribution in [1.82, 2.24) is 15.5 Å². The third-order valence-corrected chi connectivity index (χ3v) is 4.16. The third-order valence-electron chi connectivity index (χ3n) is 4.16. The number of rotatable bonds is 7. The predicted molar refractivity (Wildman–Crippen MR) is 94.7 cm³/mol. The fraction of sp³-hybridized carbons (Fsp3) is 0.882. The molecule has 1 aliphatic heterocycles. The van der Waals surface area contributed by atoms with Crippen LogP contribution in [0, 0.1) is 5.92 Å². The van der Waals surface area contributed by atoms with Crippen molar-refractivity contribution in [2.45, 2.75) is 52.6 Å². The van der Waals surface area contributed by atoms with Crippen LogP contribution in [0.15, 0.2) is 4.99 Å². The molecular formula is C17H34N4O2. The van der Waals surface area contributed by atoms with Crippen LogP contribution in [0.4, 0.5) is 0 Å². The van der Waals surface area contributed by atoms with E-state index in [0.29, 0.717) is 25.4 Å². The lowest BCUT2D eigenvalue weighted by molar-refractivity contribution is -0.132. The van der Waals surface area contributed by atoms with Crippen molar-refractivity contribution in [3.8, 4) is 0 Å². The molecule has 0 aliphatic carbocycles. The number of piperidine rings is 1. The van der Waals surface area contributed by atoms with E-state index in [9.17, 15) is 4.79 Å². The number of carbonyl (C=O) groups excluding carboxylic acids is 1. The average Bonchev–Trinajstić information content (AvgIpc) is 2.52. The Morgan fingerprint density at radius 2 is 2.13 bits per heavy atom. The van der Waals surface area contributed by atoms with E-state index in [2.05, 4.69) is 22.5 Å². The summed E-state index contributed by atoms with van der Waals surface area (Å²) in [5, 5.41) is 6.43. The summed E-state index contributed by atoms with van der Waals surface area (Å²) in [6, 6.07) is 0. The molecule has 0 spiro atoms. The van der Waals surface area contributed by atoms with Gasteiger partial charge in [-0.3, -0.25) is 9.79 Å². The number of nitrogens with one attached hydrogen (secondary N) is 2. The number of hydrogen-bond acceptors (Lipinski definition) is 3. The molecule has 1 amide bonds. The van der Waals surface area contributed by atoms with Crippen LogP contribution in [0.1, 0.15) is 47.0 Å². The van der Waals surface area contributed by atoms with Gasteiger partial charge < -0.3 is 20.3 Å². The van der Waals surface area contributed by atoms with Gasteiger partial charge in [-0.15, -0.1) is 0 Å². The Bertz CT molecular complexity index is 396. The van der Waals surface area contributed by atoms with Gasteiger partial charge in [0.2, 0.25) is 5.91 Å². The molecule has 0 saturated carbocycles. The maximum Gasteiger partial charge on any atom is 0.224 e. The van der Waals surface area contributed by atoms with Crippen molar-refractivity contribution in [3.63, 3.8) is 0 Å². The number of guanidine groups is 1. The summed E-state index contributed by atoms with van der Waals surface area (Å²) in [7, 11) is 1.69. The minimum atomic E-state index is -0.290. The molecule has 0 aromatic rings. The topological polar surface area (TPSA) is 66.0 Å². The van der Waals surface area contributed by atoms with Crippen molar-refractivity contribution < 1.29 is 9.53 Å². The van der Waals surface area contributed by atoms with Crippen molar-refractivity contribution >= 4 is 11.9 Å². The Kier molecular flexibility index (Phi) is 8.37. The number of likely N-dealkylation sites (tertiary alicyclic amines) is 1. The minimum Gasteiger partial charge on any atom is -0.377 e. The van der Waals surface area contributed by atoms with Crippen molar-refractivity contribution in [3.05, 3.63) is 0 Å². The van der Waals surface area contributed by atoms with Crippen LogP contribution in [0.2, 0.25) is 0 Å². The Hall–Kier alpha value is -1.30. The first-order chi connectivity index (χ1) is 10.9. The van der Waals surface area contributed by atoms with E-state index in [4.69, 9.17) is 4.74 Å². The molecule has 23 heavy (non-hydrogen) atoms. The number of aliphatic imine (C=N–C) groups is 1. The molecule has 6 nitrogen and oxygen atoms in total. The van der Waals surface area contributed by atoms with Gasteiger partial charge in [-0.25, -0.2) is 0 Å². The zero-order valence-corrected chi connectivity index (χ0v) is 15.4. The van der Waals surface area contributed by atoms with Gasteiger partial charge in [0, 0.05) is 39.7 Å². The lowest BCUT2D eigenvalue weighted by atomic mass is 10.00. The molecule has 1 rings (SSSR count). The van der Waals surface area contributed by atoms with E-state index in [1.807, 2.05) is 25.7 Å². The van der Waals surface area contributed by atoms with Crippen LogP contribution in [0.25, 0.3) is 0 Å². The molecule has 0 aromatic heterocycles. The Morgan fingerprint density at radius 1 is 1.39 bits per heavy atom. The van der Waals surface area contributed by atoms with Gasteiger partial charge >= 0.3 is 0 Å². The van der Waals surface area contributed by atoms with Gasteiger partial charge in [-0.1, -0.05) is 6.92 Å². The first-order valence-corrected chi connectivity index (χ1v) is 8.73. The molecular weight excluding hydrogens is 292 g/mol. The molecule has 1 atom stereocenters. The van der Waals surface area contributed by atoms with Gasteiger partial charge in [0.25, 0.3) is 0 Å². The third kappa shape index (κ3) is 7.68. The molecule has 0 bridgehead atoms. The van der Waals surface area contributed by atoms with Gasteiger partial charge in [0.1, 0.15) is 0 Å². The van der Waals surface area contributed by atoms with E-state index >= 15 is 0 Å². The summed E-state index contributed by atoms with van der Waals surface area (Å²) in [5.41, 5.74) is -0.290. The number of methoxy groups -OCH3 is 1. The van der Waals surface area contributed by atoms with E-state index in [0.717, 1.165) is 32.0 Å². The SMILES string of the molecule is CCNC(=NCC(C)(C)OC)NCCC(=O)N1CCCC(C)C1. The van der Waals surface area contributed by atoms with Crippen molar-refractivity contribution in [2.75, 3.05) is 39.8 Å². The lowest BCUT2D eigenvalue weighted by Gasteiger charge is -2.31. The molecule has 2 N–H and O–H groups in total. The summed E-state index contributed by atoms with van der Waals surface area (Å²) in [4.78, 5) is 18.8. The molecule has 1 fully saturated rings. The van der Waals surface area contributed by atoms with E-state index in [-0.39, 0.29) is 11.5 Å². The maximum absolute atomic E-state index is 12.3. The zero-order valence-electron chi connectivity index (χ0n) is 15.4. The quantitative estimate of drug-likeness (QED) is 0.551. The summed E-state index contributed by atoms with van der Waals surface area (Å²) < 4.78 is 5.37. The second-order valence-electron chi connectivity index (χ2n) is 6.92. The van der Waals surface area contributed by atoms with Crippen LogP contribution in [0.5, 0.6) is 0 Å². The van der Waals surface area contributed by atoms with Gasteiger partial charge in [0.15, 0.2) is 5.96 Å². The fourth-order valence-electron chi connectivity index (χ4n) is 2.54. The molecule has 0 aromatic carbocycles. The number of hydrogen-bond donors (Lipinski definition) is 2. The molecule has 134 valence electrons. The lowest BCUT2D eigenvalue weighted by Crippen LogP contribution is -2.43. The number of carbonyl (C=O) groups is 1. The van der Waals surface area contributed by atoms with Crippen LogP contribution in [-0.2, 0) is 9.53 Å². The highest BCUT2D eigenvalue weighted by Gasteiger charge is 2.20. The second kappa shape index (κ2) is 9.75. The molecule has 1 heterocycles. The Balaban J connectivity index is 2.40. The minimum absolute atomic E-state index is 0.233. The summed E-state index contributed by atoms with van der Waals surface area (Å²) in [6.45, 7) is 12.0. The van der Waals surface area contributed by atoms with Crippen LogP contribution >= 0.6 is 0 Å². The fourth-order valence-corrected chi connectivity index (χ4v) is 2.54. The maximum atomic E-state index is 12.3. The monoisotopic (exact) mass is 326 g/mol. The highest BCUT2D eigenvalue weighted by molar-refractivity contribution is 5.81. The highest BCUT2D eigenvalue weighted by Crippen LogP contribution is 2.15.